The fourth-order valence-corrected chi connectivity index (χ4v) is 9.92. The highest BCUT2D eigenvalue weighted by Gasteiger charge is 2.25. The monoisotopic (exact) mass is 813 g/mol. The lowest BCUT2D eigenvalue weighted by molar-refractivity contribution is 0.477. The Bertz CT molecular complexity index is 2950. The maximum Gasteiger partial charge on any atom is 0.149 e. The third-order valence-electron chi connectivity index (χ3n) is 13.3. The molecule has 0 unspecified atom stereocenters. The zero-order valence-corrected chi connectivity index (χ0v) is 36.2. The minimum absolute atomic E-state index is 0.0798. The molecule has 2 aliphatic rings. The zero-order valence-electron chi connectivity index (χ0n) is 38.2. The van der Waals surface area contributed by atoms with Crippen LogP contribution in [0.1, 0.15) is 91.6 Å². The number of nitrogens with zero attached hydrogens (tertiary/aromatic N) is 3. The van der Waals surface area contributed by atoms with Crippen molar-refractivity contribution in [1.82, 2.24) is 14.5 Å². The Morgan fingerprint density at radius 2 is 1.29 bits per heavy atom. The van der Waals surface area contributed by atoms with Crippen LogP contribution in [0.25, 0.3) is 72.7 Å². The number of rotatable bonds is 10. The molecule has 8 aromatic rings. The van der Waals surface area contributed by atoms with Crippen molar-refractivity contribution in [1.29, 1.82) is 0 Å². The zero-order chi connectivity index (χ0) is 44.0. The van der Waals surface area contributed by atoms with Crippen LogP contribution in [0.5, 0.6) is 5.75 Å². The molecule has 2 heterocycles. The van der Waals surface area contributed by atoms with E-state index in [1.807, 2.05) is 42.6 Å². The van der Waals surface area contributed by atoms with Gasteiger partial charge in [0, 0.05) is 25.6 Å². The molecule has 2 aliphatic carbocycles. The molecule has 4 nitrogen and oxygen atoms in total. The number of fused-ring (bicyclic) bond motifs is 1. The number of para-hydroxylation sites is 2. The van der Waals surface area contributed by atoms with E-state index in [0.29, 0.717) is 11.4 Å². The van der Waals surface area contributed by atoms with Crippen LogP contribution < -0.4 is 0 Å². The summed E-state index contributed by atoms with van der Waals surface area (Å²) in [4.78, 5) is 10.4. The van der Waals surface area contributed by atoms with E-state index in [-0.39, 0.29) is 17.1 Å². The molecule has 10 rings (SSSR count). The van der Waals surface area contributed by atoms with E-state index >= 15 is 0 Å². The number of phenolic OH excluding ortho intramolecular Hbond substituents is 1. The SMILES string of the molecule is [2H]C([2H])(c1ccc(-c2ccnc(-c3cc(-c4cccc5c4nc(-c4ccccc4O)n5-c4ccc(CC5CCCC5)cc4-c4ccccc4)cc(C(C)(C)C)c3)c2)cc1)C1CCCC1. The minimum Gasteiger partial charge on any atom is -0.507 e. The minimum atomic E-state index is -1.33. The lowest BCUT2D eigenvalue weighted by Crippen LogP contribution is -2.11. The third-order valence-corrected chi connectivity index (χ3v) is 13.3. The molecule has 0 atom stereocenters. The van der Waals surface area contributed by atoms with E-state index in [2.05, 4.69) is 128 Å². The van der Waals surface area contributed by atoms with E-state index in [1.165, 1.54) is 36.8 Å². The molecule has 0 radical (unpaired) electrons. The number of aromatic hydroxyl groups is 1. The first-order chi connectivity index (χ1) is 31.0. The number of aromatic nitrogens is 3. The number of hydrogen-bond acceptors (Lipinski definition) is 3. The molecular formula is C58H57N3O. The summed E-state index contributed by atoms with van der Waals surface area (Å²) in [7, 11) is 0. The molecule has 4 heteroatoms. The van der Waals surface area contributed by atoms with Crippen molar-refractivity contribution in [2.45, 2.75) is 90.3 Å². The first-order valence-corrected chi connectivity index (χ1v) is 22.7. The molecule has 62 heavy (non-hydrogen) atoms. The summed E-state index contributed by atoms with van der Waals surface area (Å²) in [6.45, 7) is 6.75. The van der Waals surface area contributed by atoms with Gasteiger partial charge in [-0.2, -0.15) is 0 Å². The second-order valence-electron chi connectivity index (χ2n) is 18.7. The Morgan fingerprint density at radius 3 is 2.05 bits per heavy atom. The maximum atomic E-state index is 11.4. The molecule has 0 saturated heterocycles. The first-order valence-electron chi connectivity index (χ1n) is 23.7. The van der Waals surface area contributed by atoms with E-state index in [9.17, 15) is 5.11 Å². The standard InChI is InChI=1S/C58H57N3O/c1-58(2,3)48-36-46(35-47(37-48)52-38-45(30-31-59-52)43-27-24-41(25-28-43)32-39-14-7-8-15-39)49-21-13-22-54-56(49)60-57(50-20-11-12-23-55(50)62)61(54)53-29-26-42(33-40-16-9-10-17-40)34-51(53)44-18-5-4-6-19-44/h4-6,11-13,18-31,34-40,62H,7-10,14-17,32-33H2,1-3H3/i32D2. The van der Waals surface area contributed by atoms with E-state index < -0.39 is 6.37 Å². The van der Waals surface area contributed by atoms with Gasteiger partial charge >= 0.3 is 0 Å². The highest BCUT2D eigenvalue weighted by molar-refractivity contribution is 5.97. The summed E-state index contributed by atoms with van der Waals surface area (Å²) in [5.74, 6) is 1.67. The highest BCUT2D eigenvalue weighted by Crippen LogP contribution is 2.42. The van der Waals surface area contributed by atoms with Crippen LogP contribution in [0.2, 0.25) is 0 Å². The van der Waals surface area contributed by atoms with Crippen LogP contribution in [0.15, 0.2) is 152 Å². The smallest absolute Gasteiger partial charge is 0.149 e. The Hall–Kier alpha value is -6.26. The highest BCUT2D eigenvalue weighted by atomic mass is 16.3. The van der Waals surface area contributed by atoms with Gasteiger partial charge in [0.05, 0.1) is 28.0 Å². The van der Waals surface area contributed by atoms with Crippen molar-refractivity contribution in [2.24, 2.45) is 11.8 Å². The van der Waals surface area contributed by atoms with Gasteiger partial charge in [-0.3, -0.25) is 9.55 Å². The summed E-state index contributed by atoms with van der Waals surface area (Å²) in [6, 6.07) is 50.6. The van der Waals surface area contributed by atoms with Crippen LogP contribution in [0, 0.1) is 11.8 Å². The van der Waals surface area contributed by atoms with Gasteiger partial charge < -0.3 is 5.11 Å². The summed E-state index contributed by atoms with van der Waals surface area (Å²) in [6.07, 6.45) is 11.0. The van der Waals surface area contributed by atoms with Crippen molar-refractivity contribution in [2.75, 3.05) is 0 Å². The average Bonchev–Trinajstić information content (AvgIpc) is 4.12. The van der Waals surface area contributed by atoms with Gasteiger partial charge in [0.15, 0.2) is 0 Å². The van der Waals surface area contributed by atoms with Crippen molar-refractivity contribution in [3.63, 3.8) is 0 Å². The molecule has 2 aromatic heterocycles. The Kier molecular flexibility index (Phi) is 10.2. The largest absolute Gasteiger partial charge is 0.507 e. The number of benzene rings is 6. The quantitative estimate of drug-likeness (QED) is 0.150. The second-order valence-corrected chi connectivity index (χ2v) is 18.7. The van der Waals surface area contributed by atoms with E-state index in [1.54, 1.807) is 6.07 Å². The predicted molar refractivity (Wildman–Crippen MR) is 258 cm³/mol. The third kappa shape index (κ3) is 8.11. The van der Waals surface area contributed by atoms with Gasteiger partial charge in [0.1, 0.15) is 11.6 Å². The number of phenols is 1. The van der Waals surface area contributed by atoms with Gasteiger partial charge in [-0.15, -0.1) is 0 Å². The molecule has 2 saturated carbocycles. The normalized spacial score (nSPS) is 15.6. The van der Waals surface area contributed by atoms with Gasteiger partial charge in [0.2, 0.25) is 0 Å². The summed E-state index contributed by atoms with van der Waals surface area (Å²) < 4.78 is 20.1. The Balaban J connectivity index is 1.11. The van der Waals surface area contributed by atoms with Gasteiger partial charge in [-0.05, 0) is 124 Å². The lowest BCUT2D eigenvalue weighted by Gasteiger charge is -2.22. The predicted octanol–water partition coefficient (Wildman–Crippen LogP) is 15.2. The molecule has 0 amide bonds. The van der Waals surface area contributed by atoms with E-state index in [0.717, 1.165) is 105 Å². The van der Waals surface area contributed by atoms with Crippen molar-refractivity contribution < 1.29 is 7.85 Å². The molecular weight excluding hydrogens is 755 g/mol. The second kappa shape index (κ2) is 16.9. The van der Waals surface area contributed by atoms with Crippen molar-refractivity contribution >= 4 is 11.0 Å². The number of pyridine rings is 1. The topological polar surface area (TPSA) is 50.9 Å². The molecule has 0 spiro atoms. The van der Waals surface area contributed by atoms with Crippen LogP contribution >= 0.6 is 0 Å². The first kappa shape index (κ1) is 37.5. The van der Waals surface area contributed by atoms with Crippen LogP contribution in [-0.2, 0) is 18.2 Å². The Morgan fingerprint density at radius 1 is 0.597 bits per heavy atom. The molecule has 310 valence electrons. The number of hydrogen-bond donors (Lipinski definition) is 1. The van der Waals surface area contributed by atoms with Crippen molar-refractivity contribution in [3.8, 4) is 67.5 Å². The van der Waals surface area contributed by atoms with Crippen molar-refractivity contribution in [3.05, 3.63) is 168 Å². The van der Waals surface area contributed by atoms with Gasteiger partial charge in [-0.1, -0.05) is 163 Å². The average molecular weight is 814 g/mol. The van der Waals surface area contributed by atoms with Crippen LogP contribution in [0.4, 0.5) is 0 Å². The fourth-order valence-electron chi connectivity index (χ4n) is 9.92. The molecule has 6 aromatic carbocycles. The molecule has 1 N–H and O–H groups in total. The molecule has 0 bridgehead atoms. The Labute approximate surface area is 370 Å². The lowest BCUT2D eigenvalue weighted by atomic mass is 9.83. The molecule has 2 fully saturated rings. The fraction of sp³-hybridized carbons (Fsp3) is 0.276. The maximum absolute atomic E-state index is 11.4. The summed E-state index contributed by atoms with van der Waals surface area (Å²) >= 11 is 0. The summed E-state index contributed by atoms with van der Waals surface area (Å²) in [5.41, 5.74) is 14.9. The van der Waals surface area contributed by atoms with Crippen LogP contribution in [-0.4, -0.2) is 19.6 Å². The molecule has 0 aliphatic heterocycles. The number of imidazole rings is 1. The summed E-state index contributed by atoms with van der Waals surface area (Å²) in [5, 5.41) is 11.4. The van der Waals surface area contributed by atoms with E-state index in [4.69, 9.17) is 12.7 Å². The van der Waals surface area contributed by atoms with Crippen LogP contribution in [0.3, 0.4) is 0 Å². The van der Waals surface area contributed by atoms with Gasteiger partial charge in [0.25, 0.3) is 0 Å². The van der Waals surface area contributed by atoms with Gasteiger partial charge in [-0.25, -0.2) is 4.98 Å².